The smallest absolute Gasteiger partial charge is 0.222 e. The van der Waals surface area contributed by atoms with Crippen LogP contribution in [-0.2, 0) is 14.3 Å². The van der Waals surface area contributed by atoms with E-state index >= 15 is 0 Å². The van der Waals surface area contributed by atoms with Gasteiger partial charge in [0.1, 0.15) is 0 Å². The van der Waals surface area contributed by atoms with Crippen LogP contribution in [0.3, 0.4) is 0 Å². The van der Waals surface area contributed by atoms with Gasteiger partial charge in [0.2, 0.25) is 5.91 Å². The number of morpholine rings is 1. The van der Waals surface area contributed by atoms with Gasteiger partial charge < -0.3 is 20.5 Å². The van der Waals surface area contributed by atoms with Crippen LogP contribution in [0.25, 0.3) is 0 Å². The monoisotopic (exact) mass is 345 g/mol. The summed E-state index contributed by atoms with van der Waals surface area (Å²) < 4.78 is 10.4. The first-order chi connectivity index (χ1) is 9.08. The minimum absolute atomic E-state index is 0. The van der Waals surface area contributed by atoms with E-state index in [9.17, 15) is 4.79 Å². The van der Waals surface area contributed by atoms with E-state index in [1.54, 1.807) is 7.11 Å². The zero-order valence-corrected chi connectivity index (χ0v) is 14.7. The van der Waals surface area contributed by atoms with E-state index in [1.807, 2.05) is 6.92 Å². The van der Waals surface area contributed by atoms with Crippen molar-refractivity contribution in [1.82, 2.24) is 10.2 Å². The number of halogens is 2. The first kappa shape index (κ1) is 23.2. The molecule has 0 bridgehead atoms. The number of nitrogens with zero attached hydrogens (tertiary/aromatic N) is 1. The average molecular weight is 346 g/mol. The number of rotatable bonds is 7. The number of carbonyl (C=O) groups excluding carboxylic acids is 1. The number of methoxy groups -OCH3 is 1. The highest BCUT2D eigenvalue weighted by atomic mass is 35.5. The van der Waals surface area contributed by atoms with Crippen LogP contribution in [-0.4, -0.2) is 69.0 Å². The predicted molar refractivity (Wildman–Crippen MR) is 88.4 cm³/mol. The standard InChI is InChI=1S/C13H27N3O3.2ClH/c1-10(11(2)16-4-6-19-7-5-16)15-13(17)8-12(9-14)18-3;;/h10-12H,4-9,14H2,1-3H3,(H,15,17);2*1H. The normalized spacial score (nSPS) is 19.6. The SMILES string of the molecule is COC(CN)CC(=O)NC(C)C(C)N1CCOCC1.Cl.Cl. The fourth-order valence-corrected chi connectivity index (χ4v) is 2.20. The van der Waals surface area contributed by atoms with Gasteiger partial charge in [0.25, 0.3) is 0 Å². The molecule has 0 saturated carbocycles. The lowest BCUT2D eigenvalue weighted by Gasteiger charge is -2.36. The quantitative estimate of drug-likeness (QED) is 0.699. The van der Waals surface area contributed by atoms with Crippen LogP contribution in [0.4, 0.5) is 0 Å². The highest BCUT2D eigenvalue weighted by Crippen LogP contribution is 2.08. The molecule has 128 valence electrons. The minimum Gasteiger partial charge on any atom is -0.380 e. The van der Waals surface area contributed by atoms with E-state index in [0.29, 0.717) is 19.0 Å². The van der Waals surface area contributed by atoms with Gasteiger partial charge in [-0.3, -0.25) is 9.69 Å². The summed E-state index contributed by atoms with van der Waals surface area (Å²) in [5.74, 6) is -0.00934. The Morgan fingerprint density at radius 2 is 1.90 bits per heavy atom. The van der Waals surface area contributed by atoms with Crippen LogP contribution in [0.2, 0.25) is 0 Å². The van der Waals surface area contributed by atoms with Crippen molar-refractivity contribution in [3.63, 3.8) is 0 Å². The Bertz CT molecular complexity index is 275. The van der Waals surface area contributed by atoms with E-state index in [-0.39, 0.29) is 42.9 Å². The Labute approximate surface area is 139 Å². The average Bonchev–Trinajstić information content (AvgIpc) is 2.44. The van der Waals surface area contributed by atoms with E-state index in [2.05, 4.69) is 17.1 Å². The maximum atomic E-state index is 11.9. The van der Waals surface area contributed by atoms with Crippen LogP contribution in [0.15, 0.2) is 0 Å². The Kier molecular flexibility index (Phi) is 13.7. The molecule has 8 heteroatoms. The molecule has 0 aromatic heterocycles. The van der Waals surface area contributed by atoms with Gasteiger partial charge in [-0.05, 0) is 13.8 Å². The van der Waals surface area contributed by atoms with Crippen molar-refractivity contribution in [2.24, 2.45) is 5.73 Å². The van der Waals surface area contributed by atoms with Gasteiger partial charge in [-0.25, -0.2) is 0 Å². The zero-order valence-electron chi connectivity index (χ0n) is 13.0. The molecule has 1 rings (SSSR count). The molecule has 6 nitrogen and oxygen atoms in total. The molecular weight excluding hydrogens is 317 g/mol. The Balaban J connectivity index is 0. The fourth-order valence-electron chi connectivity index (χ4n) is 2.20. The van der Waals surface area contributed by atoms with Crippen molar-refractivity contribution in [2.45, 2.75) is 38.5 Å². The van der Waals surface area contributed by atoms with Gasteiger partial charge in [0.15, 0.2) is 0 Å². The molecule has 0 aromatic carbocycles. The van der Waals surface area contributed by atoms with Crippen LogP contribution in [0, 0.1) is 0 Å². The van der Waals surface area contributed by atoms with Crippen molar-refractivity contribution in [3.8, 4) is 0 Å². The highest BCUT2D eigenvalue weighted by molar-refractivity contribution is 5.85. The number of nitrogens with one attached hydrogen (secondary N) is 1. The molecule has 1 heterocycles. The first-order valence-electron chi connectivity index (χ1n) is 6.92. The fraction of sp³-hybridized carbons (Fsp3) is 0.923. The molecule has 0 radical (unpaired) electrons. The van der Waals surface area contributed by atoms with E-state index in [4.69, 9.17) is 15.2 Å². The van der Waals surface area contributed by atoms with Gasteiger partial charge >= 0.3 is 0 Å². The number of nitrogens with two attached hydrogens (primary N) is 1. The lowest BCUT2D eigenvalue weighted by Crippen LogP contribution is -2.52. The van der Waals surface area contributed by atoms with Crippen LogP contribution < -0.4 is 11.1 Å². The van der Waals surface area contributed by atoms with Gasteiger partial charge in [0.05, 0.1) is 25.7 Å². The van der Waals surface area contributed by atoms with Crippen molar-refractivity contribution in [1.29, 1.82) is 0 Å². The van der Waals surface area contributed by atoms with Gasteiger partial charge in [0, 0.05) is 38.8 Å². The van der Waals surface area contributed by atoms with Crippen molar-refractivity contribution < 1.29 is 14.3 Å². The molecule has 1 fully saturated rings. The van der Waals surface area contributed by atoms with Gasteiger partial charge in [-0.1, -0.05) is 0 Å². The van der Waals surface area contributed by atoms with Crippen LogP contribution >= 0.6 is 24.8 Å². The molecule has 0 aromatic rings. The Morgan fingerprint density at radius 1 is 1.33 bits per heavy atom. The summed E-state index contributed by atoms with van der Waals surface area (Å²) in [6.07, 6.45) is 0.110. The van der Waals surface area contributed by atoms with Crippen LogP contribution in [0.5, 0.6) is 0 Å². The number of amides is 1. The van der Waals surface area contributed by atoms with Crippen molar-refractivity contribution in [2.75, 3.05) is 40.0 Å². The highest BCUT2D eigenvalue weighted by Gasteiger charge is 2.23. The topological polar surface area (TPSA) is 76.8 Å². The number of hydrogen-bond donors (Lipinski definition) is 2. The third-order valence-corrected chi connectivity index (χ3v) is 3.74. The van der Waals surface area contributed by atoms with Gasteiger partial charge in [-0.2, -0.15) is 0 Å². The summed E-state index contributed by atoms with van der Waals surface area (Å²) in [4.78, 5) is 14.2. The molecule has 3 atom stereocenters. The second-order valence-corrected chi connectivity index (χ2v) is 5.04. The molecule has 0 spiro atoms. The number of ether oxygens (including phenoxy) is 2. The number of carbonyl (C=O) groups is 1. The molecule has 3 N–H and O–H groups in total. The Hall–Kier alpha value is -0.110. The zero-order chi connectivity index (χ0) is 14.3. The molecule has 1 amide bonds. The molecule has 3 unspecified atom stereocenters. The summed E-state index contributed by atoms with van der Waals surface area (Å²) >= 11 is 0. The minimum atomic E-state index is -0.203. The molecule has 21 heavy (non-hydrogen) atoms. The third kappa shape index (κ3) is 8.18. The summed E-state index contributed by atoms with van der Waals surface area (Å²) in [6.45, 7) is 7.90. The van der Waals surface area contributed by atoms with Crippen molar-refractivity contribution in [3.05, 3.63) is 0 Å². The summed E-state index contributed by atoms with van der Waals surface area (Å²) in [5, 5.41) is 3.02. The van der Waals surface area contributed by atoms with E-state index < -0.39 is 0 Å². The summed E-state index contributed by atoms with van der Waals surface area (Å²) in [5.41, 5.74) is 5.51. The summed E-state index contributed by atoms with van der Waals surface area (Å²) in [7, 11) is 1.57. The third-order valence-electron chi connectivity index (χ3n) is 3.74. The molecule has 1 aliphatic heterocycles. The maximum absolute atomic E-state index is 11.9. The first-order valence-corrected chi connectivity index (χ1v) is 6.92. The Morgan fingerprint density at radius 3 is 2.38 bits per heavy atom. The predicted octanol–water partition coefficient (Wildman–Crippen LogP) is 0.419. The maximum Gasteiger partial charge on any atom is 0.222 e. The van der Waals surface area contributed by atoms with Crippen molar-refractivity contribution >= 4 is 30.7 Å². The van der Waals surface area contributed by atoms with E-state index in [0.717, 1.165) is 26.3 Å². The lowest BCUT2D eigenvalue weighted by molar-refractivity contribution is -0.124. The number of hydrogen-bond acceptors (Lipinski definition) is 5. The lowest BCUT2D eigenvalue weighted by atomic mass is 10.1. The molecule has 1 saturated heterocycles. The molecule has 1 aliphatic rings. The van der Waals surface area contributed by atoms with E-state index in [1.165, 1.54) is 0 Å². The largest absolute Gasteiger partial charge is 0.380 e. The van der Waals surface area contributed by atoms with Crippen LogP contribution in [0.1, 0.15) is 20.3 Å². The summed E-state index contributed by atoms with van der Waals surface area (Å²) in [6, 6.07) is 0.396. The molecule has 0 aliphatic carbocycles. The van der Waals surface area contributed by atoms with Gasteiger partial charge in [-0.15, -0.1) is 24.8 Å². The molecular formula is C13H29Cl2N3O3. The second kappa shape index (κ2) is 12.4. The second-order valence-electron chi connectivity index (χ2n) is 5.04.